The van der Waals surface area contributed by atoms with Crippen molar-refractivity contribution in [3.05, 3.63) is 56.5 Å². The van der Waals surface area contributed by atoms with Crippen molar-refractivity contribution >= 4 is 53.5 Å². The van der Waals surface area contributed by atoms with Gasteiger partial charge in [0.1, 0.15) is 0 Å². The highest BCUT2D eigenvalue weighted by Gasteiger charge is 2.19. The minimum Gasteiger partial charge on any atom is -0.462 e. The molecule has 0 spiro atoms. The van der Waals surface area contributed by atoms with Crippen molar-refractivity contribution in [2.75, 3.05) is 11.3 Å². The molecule has 5 nitrogen and oxygen atoms in total. The summed E-state index contributed by atoms with van der Waals surface area (Å²) in [4.78, 5) is 12.0. The second-order valence-electron chi connectivity index (χ2n) is 4.95. The van der Waals surface area contributed by atoms with E-state index in [9.17, 15) is 13.2 Å². The number of esters is 1. The van der Waals surface area contributed by atoms with Crippen molar-refractivity contribution in [2.24, 2.45) is 0 Å². The molecule has 0 unspecified atom stereocenters. The molecule has 0 aliphatic rings. The van der Waals surface area contributed by atoms with E-state index in [1.54, 1.807) is 19.1 Å². The zero-order valence-electron chi connectivity index (χ0n) is 13.0. The predicted molar refractivity (Wildman–Crippen MR) is 99.8 cm³/mol. The Hall–Kier alpha value is -1.38. The van der Waals surface area contributed by atoms with Crippen molar-refractivity contribution in [1.29, 1.82) is 0 Å². The maximum atomic E-state index is 12.5. The highest BCUT2D eigenvalue weighted by molar-refractivity contribution is 9.11. The van der Waals surface area contributed by atoms with Crippen LogP contribution in [0.15, 0.2) is 50.2 Å². The van der Waals surface area contributed by atoms with Crippen LogP contribution in [0, 0.1) is 6.92 Å². The van der Waals surface area contributed by atoms with Gasteiger partial charge in [0.15, 0.2) is 0 Å². The molecule has 0 aliphatic carbocycles. The number of halogens is 2. The molecule has 2 aromatic carbocycles. The molecule has 8 heteroatoms. The van der Waals surface area contributed by atoms with Gasteiger partial charge >= 0.3 is 5.97 Å². The number of nitrogens with one attached hydrogen (secondary N) is 1. The van der Waals surface area contributed by atoms with Gasteiger partial charge < -0.3 is 4.74 Å². The maximum Gasteiger partial charge on any atom is 0.338 e. The van der Waals surface area contributed by atoms with E-state index in [4.69, 9.17) is 4.74 Å². The minimum absolute atomic E-state index is 0.154. The first-order chi connectivity index (χ1) is 11.2. The van der Waals surface area contributed by atoms with E-state index < -0.39 is 16.0 Å². The average molecular weight is 477 g/mol. The van der Waals surface area contributed by atoms with Gasteiger partial charge in [-0.2, -0.15) is 0 Å². The SMILES string of the molecule is CCOC(=O)c1cc(Br)c(NS(=O)(=O)c2ccc(C)cc2)c(Br)c1. The number of carbonyl (C=O) groups is 1. The lowest BCUT2D eigenvalue weighted by atomic mass is 10.2. The van der Waals surface area contributed by atoms with Crippen molar-refractivity contribution < 1.29 is 17.9 Å². The second-order valence-corrected chi connectivity index (χ2v) is 8.34. The number of sulfonamides is 1. The van der Waals surface area contributed by atoms with Gasteiger partial charge in [0, 0.05) is 8.95 Å². The predicted octanol–water partition coefficient (Wildman–Crippen LogP) is 4.50. The fourth-order valence-electron chi connectivity index (χ4n) is 1.91. The Bertz CT molecular complexity index is 841. The zero-order valence-corrected chi connectivity index (χ0v) is 17.0. The van der Waals surface area contributed by atoms with E-state index in [1.165, 1.54) is 24.3 Å². The molecule has 1 N–H and O–H groups in total. The van der Waals surface area contributed by atoms with Gasteiger partial charge in [-0.1, -0.05) is 17.7 Å². The van der Waals surface area contributed by atoms with Gasteiger partial charge in [0.05, 0.1) is 22.8 Å². The summed E-state index contributed by atoms with van der Waals surface area (Å²) < 4.78 is 33.3. The first kappa shape index (κ1) is 19.0. The summed E-state index contributed by atoms with van der Waals surface area (Å²) in [7, 11) is -3.74. The van der Waals surface area contributed by atoms with Crippen LogP contribution in [-0.4, -0.2) is 21.0 Å². The Morgan fingerprint density at radius 1 is 1.12 bits per heavy atom. The Labute approximate surface area is 157 Å². The summed E-state index contributed by atoms with van der Waals surface area (Å²) in [5.41, 5.74) is 1.59. The number of ether oxygens (including phenoxy) is 1. The number of carbonyl (C=O) groups excluding carboxylic acids is 1. The molecule has 0 bridgehead atoms. The van der Waals surface area contributed by atoms with Crippen molar-refractivity contribution in [2.45, 2.75) is 18.7 Å². The van der Waals surface area contributed by atoms with E-state index >= 15 is 0 Å². The van der Waals surface area contributed by atoms with Crippen LogP contribution in [-0.2, 0) is 14.8 Å². The van der Waals surface area contributed by atoms with Gasteiger partial charge in [-0.25, -0.2) is 13.2 Å². The lowest BCUT2D eigenvalue weighted by Crippen LogP contribution is -2.14. The highest BCUT2D eigenvalue weighted by Crippen LogP contribution is 2.34. The van der Waals surface area contributed by atoms with E-state index in [1.807, 2.05) is 6.92 Å². The molecule has 0 amide bonds. The van der Waals surface area contributed by atoms with Crippen LogP contribution >= 0.6 is 31.9 Å². The Morgan fingerprint density at radius 3 is 2.17 bits per heavy atom. The van der Waals surface area contributed by atoms with E-state index in [-0.39, 0.29) is 11.5 Å². The fourth-order valence-corrected chi connectivity index (χ4v) is 4.66. The molecule has 128 valence electrons. The van der Waals surface area contributed by atoms with Crippen LogP contribution in [0.2, 0.25) is 0 Å². The first-order valence-electron chi connectivity index (χ1n) is 7.00. The normalized spacial score (nSPS) is 11.2. The molecular formula is C16H15Br2NO4S. The summed E-state index contributed by atoms with van der Waals surface area (Å²) in [6.45, 7) is 3.85. The molecule has 0 saturated carbocycles. The van der Waals surface area contributed by atoms with Crippen LogP contribution in [0.1, 0.15) is 22.8 Å². The van der Waals surface area contributed by atoms with Gasteiger partial charge in [-0.15, -0.1) is 0 Å². The molecule has 24 heavy (non-hydrogen) atoms. The third-order valence-electron chi connectivity index (χ3n) is 3.12. The fraction of sp³-hybridized carbons (Fsp3) is 0.188. The maximum absolute atomic E-state index is 12.5. The summed E-state index contributed by atoms with van der Waals surface area (Å²) in [5.74, 6) is -0.480. The molecule has 0 atom stereocenters. The van der Waals surface area contributed by atoms with Gasteiger partial charge in [-0.05, 0) is 70.0 Å². The molecule has 0 radical (unpaired) electrons. The molecule has 0 fully saturated rings. The van der Waals surface area contributed by atoms with Crippen molar-refractivity contribution in [3.8, 4) is 0 Å². The second kappa shape index (κ2) is 7.67. The summed E-state index contributed by atoms with van der Waals surface area (Å²) in [6, 6.07) is 9.54. The van der Waals surface area contributed by atoms with Crippen LogP contribution in [0.25, 0.3) is 0 Å². The monoisotopic (exact) mass is 475 g/mol. The number of anilines is 1. The van der Waals surface area contributed by atoms with E-state index in [0.717, 1.165) is 5.56 Å². The van der Waals surface area contributed by atoms with Crippen LogP contribution in [0.5, 0.6) is 0 Å². The topological polar surface area (TPSA) is 72.5 Å². The summed E-state index contributed by atoms with van der Waals surface area (Å²) >= 11 is 6.58. The Balaban J connectivity index is 2.36. The molecular weight excluding hydrogens is 462 g/mol. The van der Waals surface area contributed by atoms with Gasteiger partial charge in [0.2, 0.25) is 0 Å². The van der Waals surface area contributed by atoms with Crippen molar-refractivity contribution in [1.82, 2.24) is 0 Å². The molecule has 0 aliphatic heterocycles. The smallest absolute Gasteiger partial charge is 0.338 e. The molecule has 2 rings (SSSR count). The number of benzene rings is 2. The third-order valence-corrected chi connectivity index (χ3v) is 5.74. The lowest BCUT2D eigenvalue weighted by molar-refractivity contribution is 0.0526. The zero-order chi connectivity index (χ0) is 17.9. The number of rotatable bonds is 5. The van der Waals surface area contributed by atoms with E-state index in [2.05, 4.69) is 36.6 Å². The van der Waals surface area contributed by atoms with Crippen LogP contribution in [0.4, 0.5) is 5.69 Å². The molecule has 0 aromatic heterocycles. The standard InChI is InChI=1S/C16H15Br2NO4S/c1-3-23-16(20)11-8-13(17)15(14(18)9-11)19-24(21,22)12-6-4-10(2)5-7-12/h4-9,19H,3H2,1-2H3. The summed E-state index contributed by atoms with van der Waals surface area (Å²) in [6.07, 6.45) is 0. The summed E-state index contributed by atoms with van der Waals surface area (Å²) in [5, 5.41) is 0. The first-order valence-corrected chi connectivity index (χ1v) is 10.1. The molecule has 0 heterocycles. The van der Waals surface area contributed by atoms with Gasteiger partial charge in [-0.3, -0.25) is 4.72 Å². The van der Waals surface area contributed by atoms with Crippen molar-refractivity contribution in [3.63, 3.8) is 0 Å². The largest absolute Gasteiger partial charge is 0.462 e. The average Bonchev–Trinajstić information content (AvgIpc) is 2.51. The minimum atomic E-state index is -3.74. The van der Waals surface area contributed by atoms with Crippen LogP contribution in [0.3, 0.4) is 0 Å². The molecule has 0 saturated heterocycles. The van der Waals surface area contributed by atoms with Crippen LogP contribution < -0.4 is 4.72 Å². The third kappa shape index (κ3) is 4.37. The number of hydrogen-bond acceptors (Lipinski definition) is 4. The lowest BCUT2D eigenvalue weighted by Gasteiger charge is -2.13. The Kier molecular flexibility index (Phi) is 6.06. The van der Waals surface area contributed by atoms with Gasteiger partial charge in [0.25, 0.3) is 10.0 Å². The van der Waals surface area contributed by atoms with E-state index in [0.29, 0.717) is 20.2 Å². The number of aryl methyl sites for hydroxylation is 1. The number of hydrogen-bond donors (Lipinski definition) is 1. The molecule has 2 aromatic rings. The Morgan fingerprint density at radius 2 is 1.67 bits per heavy atom. The highest BCUT2D eigenvalue weighted by atomic mass is 79.9. The quantitative estimate of drug-likeness (QED) is 0.645.